The van der Waals surface area contributed by atoms with Crippen molar-refractivity contribution in [2.75, 3.05) is 33.0 Å². The summed E-state index contributed by atoms with van der Waals surface area (Å²) in [7, 11) is -9.02. The molecule has 0 aromatic carbocycles. The molecule has 0 radical (unpaired) electrons. The summed E-state index contributed by atoms with van der Waals surface area (Å²) in [5.74, 6) is 9.85. The van der Waals surface area contributed by atoms with Gasteiger partial charge in [0.15, 0.2) is 0 Å². The van der Waals surface area contributed by atoms with Gasteiger partial charge >= 0.3 is 59.1 Å². The molecular formula is C68H144Na2O11S2. The molecule has 0 rings (SSSR count). The summed E-state index contributed by atoms with van der Waals surface area (Å²) in [6.45, 7) is 41.9. The van der Waals surface area contributed by atoms with Crippen molar-refractivity contribution in [1.82, 2.24) is 0 Å². The van der Waals surface area contributed by atoms with Gasteiger partial charge in [0.1, 0.15) is 0 Å². The second kappa shape index (κ2) is 68.0. The third-order valence-electron chi connectivity index (χ3n) is 16.0. The van der Waals surface area contributed by atoms with Crippen molar-refractivity contribution in [1.29, 1.82) is 0 Å². The zero-order valence-corrected chi connectivity index (χ0v) is 64.7. The van der Waals surface area contributed by atoms with Gasteiger partial charge in [0, 0.05) is 19.8 Å². The number of aliphatic hydroxyl groups excluding tert-OH is 3. The van der Waals surface area contributed by atoms with Gasteiger partial charge < -0.3 is 24.4 Å². The first-order valence-corrected chi connectivity index (χ1v) is 36.5. The van der Waals surface area contributed by atoms with E-state index in [0.29, 0.717) is 50.4 Å². The maximum atomic E-state index is 10.3. The van der Waals surface area contributed by atoms with Crippen molar-refractivity contribution in [3.8, 4) is 0 Å². The van der Waals surface area contributed by atoms with Gasteiger partial charge in [0.2, 0.25) is 20.8 Å². The van der Waals surface area contributed by atoms with Gasteiger partial charge in [-0.2, -0.15) is 0 Å². The topological polar surface area (TPSA) is 194 Å². The van der Waals surface area contributed by atoms with Crippen LogP contribution in [0.5, 0.6) is 0 Å². The van der Waals surface area contributed by atoms with Gasteiger partial charge in [-0.1, -0.05) is 285 Å². The van der Waals surface area contributed by atoms with Crippen LogP contribution in [-0.4, -0.2) is 74.3 Å². The molecule has 0 saturated carbocycles. The normalized spacial score (nSPS) is 14.6. The zero-order chi connectivity index (χ0) is 63.1. The van der Waals surface area contributed by atoms with Crippen LogP contribution in [0.1, 0.15) is 330 Å². The second-order valence-corrected chi connectivity index (χ2v) is 29.8. The van der Waals surface area contributed by atoms with Gasteiger partial charge in [-0.15, -0.1) is 0 Å². The third kappa shape index (κ3) is 94.9. The van der Waals surface area contributed by atoms with Crippen molar-refractivity contribution in [3.05, 3.63) is 0 Å². The molecule has 0 saturated heterocycles. The monoisotopic (exact) mass is 1250 g/mol. The fourth-order valence-corrected chi connectivity index (χ4v) is 10.7. The fraction of sp³-hybridized carbons (Fsp3) is 1.00. The largest absolute Gasteiger partial charge is 1.00 e. The molecule has 0 aromatic heterocycles. The summed E-state index contributed by atoms with van der Waals surface area (Å²) in [5.41, 5.74) is 0. The summed E-state index contributed by atoms with van der Waals surface area (Å²) < 4.78 is 69.7. The molecule has 83 heavy (non-hydrogen) atoms. The minimum atomic E-state index is -4.52. The molecule has 0 fully saturated rings. The van der Waals surface area contributed by atoms with E-state index >= 15 is 0 Å². The Morgan fingerprint density at radius 2 is 0.518 bits per heavy atom. The van der Waals surface area contributed by atoms with Crippen molar-refractivity contribution >= 4 is 20.8 Å². The van der Waals surface area contributed by atoms with Crippen LogP contribution in [-0.2, 0) is 29.2 Å². The Bertz CT molecular complexity index is 1470. The molecule has 0 heterocycles. The Morgan fingerprint density at radius 3 is 0.771 bits per heavy atom. The summed E-state index contributed by atoms with van der Waals surface area (Å²) in [6, 6.07) is 0. The molecular weight excluding hydrogens is 1100 g/mol. The maximum absolute atomic E-state index is 10.3. The van der Waals surface area contributed by atoms with Crippen molar-refractivity contribution in [2.45, 2.75) is 330 Å². The molecule has 8 atom stereocenters. The molecule has 0 aromatic rings. The van der Waals surface area contributed by atoms with E-state index in [1.54, 1.807) is 0 Å². The Hall–Kier alpha value is 1.62. The smallest absolute Gasteiger partial charge is 0.726 e. The minimum absolute atomic E-state index is 0. The van der Waals surface area contributed by atoms with E-state index < -0.39 is 20.8 Å². The van der Waals surface area contributed by atoms with Crippen LogP contribution in [0.15, 0.2) is 0 Å². The van der Waals surface area contributed by atoms with Crippen molar-refractivity contribution in [3.63, 3.8) is 0 Å². The molecule has 0 amide bonds. The Labute approximate surface area is 564 Å². The van der Waals surface area contributed by atoms with E-state index in [9.17, 15) is 25.9 Å². The van der Waals surface area contributed by atoms with Crippen LogP contribution in [0.25, 0.3) is 0 Å². The minimum Gasteiger partial charge on any atom is -0.726 e. The molecule has 3 N–H and O–H groups in total. The summed E-state index contributed by atoms with van der Waals surface area (Å²) >= 11 is 0. The van der Waals surface area contributed by atoms with Gasteiger partial charge in [0.05, 0.1) is 13.2 Å². The quantitative estimate of drug-likeness (QED) is 0.0227. The SMILES string of the molecule is CC(C)CCCC(C)CCCC(C)CCO.CC(C)CCCC(C)CCCC(C)CCOS(=O)(=O)[O-].CC(C)CCCC(C)CCCO.CC(C)CCCC(C)CCCOS(=O)(=O)[O-].CCC(CCO)CCCC(C)CCCC(C)C.[Na+].[Na+]. The number of hydrogen-bond acceptors (Lipinski definition) is 11. The van der Waals surface area contributed by atoms with Gasteiger partial charge in [-0.3, -0.25) is 8.37 Å². The molecule has 15 heteroatoms. The van der Waals surface area contributed by atoms with E-state index in [2.05, 4.69) is 133 Å². The van der Waals surface area contributed by atoms with Crippen LogP contribution in [0.4, 0.5) is 0 Å². The van der Waals surface area contributed by atoms with Gasteiger partial charge in [0.25, 0.3) is 0 Å². The van der Waals surface area contributed by atoms with Crippen LogP contribution in [0, 0.1) is 76.9 Å². The van der Waals surface area contributed by atoms with Crippen LogP contribution in [0.3, 0.4) is 0 Å². The Kier molecular flexibility index (Phi) is 80.5. The van der Waals surface area contributed by atoms with E-state index in [1.165, 1.54) is 148 Å². The van der Waals surface area contributed by atoms with Crippen LogP contribution < -0.4 is 59.1 Å². The average molecular weight is 1250 g/mol. The first kappa shape index (κ1) is 98.2. The summed E-state index contributed by atoms with van der Waals surface area (Å²) in [6.07, 6.45) is 38.9. The molecule has 0 aliphatic rings. The van der Waals surface area contributed by atoms with Crippen molar-refractivity contribution in [2.24, 2.45) is 76.9 Å². The number of hydrogen-bond donors (Lipinski definition) is 3. The summed E-state index contributed by atoms with van der Waals surface area (Å²) in [4.78, 5) is 0. The van der Waals surface area contributed by atoms with E-state index in [4.69, 9.17) is 15.3 Å². The van der Waals surface area contributed by atoms with E-state index in [1.807, 2.05) is 0 Å². The fourth-order valence-electron chi connectivity index (χ4n) is 10.1. The first-order chi connectivity index (χ1) is 37.8. The van der Waals surface area contributed by atoms with Crippen molar-refractivity contribution < 1.29 is 109 Å². The standard InChI is InChI=1S/C16H34O.C15H32O4S.C15H32O.C11H24O4S.C11H24O.2Na/c1-5-16(12-13-17)11-7-10-15(4)9-6-8-14(2)3;1-13(2)7-5-8-14(3)9-6-10-15(4)11-12-19-20(16,17)18;1-13(2)7-5-8-14(3)9-6-10-15(4)11-12-16;1-10(2)6-4-7-11(3)8-5-9-15-16(12,13)14;1-10(2)6-4-7-11(3)8-5-9-12;;/h14-17H,5-13H2,1-4H3;13-15H,5-12H2,1-4H3,(H,16,17,18);13-16H,5-12H2,1-4H3;10-11H,4-9H2,1-3H3,(H,12,13,14);10-12H,4-9H2,1-3H3;;/q;;;;;2*+1/p-2. The average Bonchev–Trinajstić information content (AvgIpc) is 3.34. The van der Waals surface area contributed by atoms with Gasteiger partial charge in [-0.05, 0) is 122 Å². The number of rotatable bonds is 49. The Balaban J connectivity index is -0.000000174. The molecule has 0 bridgehead atoms. The first-order valence-electron chi connectivity index (χ1n) is 33.9. The second-order valence-electron chi connectivity index (χ2n) is 27.7. The van der Waals surface area contributed by atoms with E-state index in [0.717, 1.165) is 104 Å². The molecule has 496 valence electrons. The number of aliphatic hydroxyl groups is 3. The molecule has 8 unspecified atom stereocenters. The molecule has 0 aliphatic carbocycles. The third-order valence-corrected chi connectivity index (χ3v) is 16.9. The zero-order valence-electron chi connectivity index (χ0n) is 59.1. The molecule has 11 nitrogen and oxygen atoms in total. The Morgan fingerprint density at radius 1 is 0.289 bits per heavy atom. The summed E-state index contributed by atoms with van der Waals surface area (Å²) in [5, 5.41) is 26.4. The van der Waals surface area contributed by atoms with Crippen LogP contribution in [0.2, 0.25) is 0 Å². The molecule has 0 spiro atoms. The van der Waals surface area contributed by atoms with Crippen LogP contribution >= 0.6 is 0 Å². The predicted octanol–water partition coefficient (Wildman–Crippen LogP) is 13.7. The predicted molar refractivity (Wildman–Crippen MR) is 348 cm³/mol. The molecule has 0 aliphatic heterocycles. The van der Waals surface area contributed by atoms with E-state index in [-0.39, 0.29) is 72.3 Å². The van der Waals surface area contributed by atoms with Gasteiger partial charge in [-0.25, -0.2) is 16.8 Å². The maximum Gasteiger partial charge on any atom is 1.00 e.